The van der Waals surface area contributed by atoms with Gasteiger partial charge in [-0.2, -0.15) is 0 Å². The Morgan fingerprint density at radius 2 is 2.00 bits per heavy atom. The summed E-state index contributed by atoms with van der Waals surface area (Å²) in [6.07, 6.45) is 5.90. The number of nitrogens with one attached hydrogen (secondary N) is 1. The molecule has 0 aliphatic carbocycles. The number of ether oxygens (including phenoxy) is 1. The molecule has 1 aromatic carbocycles. The molecule has 1 aromatic heterocycles. The third-order valence-corrected chi connectivity index (χ3v) is 7.17. The molecule has 3 atom stereocenters. The van der Waals surface area contributed by atoms with Gasteiger partial charge in [0.05, 0.1) is 13.0 Å². The number of carbonyl (C=O) groups is 1. The van der Waals surface area contributed by atoms with Gasteiger partial charge in [-0.25, -0.2) is 0 Å². The lowest BCUT2D eigenvalue weighted by molar-refractivity contribution is -0.121. The zero-order chi connectivity index (χ0) is 24.2. The van der Waals surface area contributed by atoms with E-state index < -0.39 is 17.1 Å². The molecule has 34 heavy (non-hydrogen) atoms. The van der Waals surface area contributed by atoms with Gasteiger partial charge in [0.2, 0.25) is 17.1 Å². The van der Waals surface area contributed by atoms with Crippen molar-refractivity contribution in [1.82, 2.24) is 10.2 Å². The van der Waals surface area contributed by atoms with Crippen LogP contribution in [0.5, 0.6) is 17.2 Å². The molecule has 2 fully saturated rings. The highest BCUT2D eigenvalue weighted by molar-refractivity contribution is 5.77. The number of piperidine rings is 2. The molecule has 184 valence electrons. The van der Waals surface area contributed by atoms with E-state index in [4.69, 9.17) is 9.15 Å². The second-order valence-electron chi connectivity index (χ2n) is 9.43. The molecule has 0 radical (unpaired) electrons. The Balaban J connectivity index is 1.55. The number of nitrogens with zero attached hydrogens (tertiary/aromatic N) is 1. The van der Waals surface area contributed by atoms with E-state index in [1.807, 2.05) is 0 Å². The maximum Gasteiger partial charge on any atom is 0.227 e. The molecule has 2 aromatic rings. The number of carbonyl (C=O) groups excluding carboxylic acids is 1. The smallest absolute Gasteiger partial charge is 0.227 e. The predicted octanol–water partition coefficient (Wildman–Crippen LogP) is 3.27. The van der Waals surface area contributed by atoms with Gasteiger partial charge in [0.15, 0.2) is 17.3 Å². The van der Waals surface area contributed by atoms with E-state index in [0.717, 1.165) is 25.9 Å². The number of benzene rings is 1. The third-order valence-electron chi connectivity index (χ3n) is 7.17. The lowest BCUT2D eigenvalue weighted by atomic mass is 9.83. The Kier molecular flexibility index (Phi) is 7.46. The van der Waals surface area contributed by atoms with Gasteiger partial charge in [0.1, 0.15) is 5.76 Å². The van der Waals surface area contributed by atoms with Crippen LogP contribution in [0, 0.1) is 12.8 Å². The van der Waals surface area contributed by atoms with Gasteiger partial charge >= 0.3 is 0 Å². The predicted molar refractivity (Wildman–Crippen MR) is 127 cm³/mol. The Bertz CT molecular complexity index is 1080. The molecule has 0 saturated carbocycles. The van der Waals surface area contributed by atoms with Crippen molar-refractivity contribution in [2.75, 3.05) is 26.7 Å². The van der Waals surface area contributed by atoms with Crippen molar-refractivity contribution in [3.63, 3.8) is 0 Å². The van der Waals surface area contributed by atoms with Crippen molar-refractivity contribution < 1.29 is 24.2 Å². The van der Waals surface area contributed by atoms with Crippen LogP contribution in [0.1, 0.15) is 61.5 Å². The van der Waals surface area contributed by atoms with Gasteiger partial charge < -0.3 is 29.6 Å². The summed E-state index contributed by atoms with van der Waals surface area (Å²) in [5, 5.41) is 23.6. The van der Waals surface area contributed by atoms with E-state index in [2.05, 4.69) is 10.2 Å². The summed E-state index contributed by atoms with van der Waals surface area (Å²) < 4.78 is 11.0. The van der Waals surface area contributed by atoms with E-state index >= 15 is 0 Å². The van der Waals surface area contributed by atoms with Gasteiger partial charge in [-0.1, -0.05) is 12.5 Å². The number of rotatable bonds is 7. The van der Waals surface area contributed by atoms with E-state index in [-0.39, 0.29) is 29.6 Å². The van der Waals surface area contributed by atoms with Crippen LogP contribution in [-0.4, -0.2) is 53.8 Å². The number of phenolic OH excluding ortho intramolecular Hbond substituents is 1. The second kappa shape index (κ2) is 10.5. The lowest BCUT2D eigenvalue weighted by Crippen LogP contribution is -2.51. The van der Waals surface area contributed by atoms with Crippen LogP contribution in [0.2, 0.25) is 0 Å². The molecule has 0 bridgehead atoms. The number of hydrogen-bond acceptors (Lipinski definition) is 7. The van der Waals surface area contributed by atoms with Crippen molar-refractivity contribution in [3.05, 3.63) is 51.6 Å². The fourth-order valence-corrected chi connectivity index (χ4v) is 5.45. The number of fused-ring (bicyclic) bond motifs is 1. The number of phenols is 1. The zero-order valence-corrected chi connectivity index (χ0v) is 19.9. The number of methoxy groups -OCH3 is 1. The number of aryl methyl sites for hydroxylation is 1. The van der Waals surface area contributed by atoms with Crippen molar-refractivity contribution in [2.24, 2.45) is 5.92 Å². The summed E-state index contributed by atoms with van der Waals surface area (Å²) in [5.74, 6) is -0.433. The largest absolute Gasteiger partial charge is 0.504 e. The fraction of sp³-hybridized carbons (Fsp3) is 0.538. The first kappa shape index (κ1) is 24.1. The number of amides is 1. The minimum Gasteiger partial charge on any atom is -0.504 e. The molecular weight excluding hydrogens is 436 g/mol. The zero-order valence-electron chi connectivity index (χ0n) is 19.9. The van der Waals surface area contributed by atoms with Crippen LogP contribution in [-0.2, 0) is 4.79 Å². The summed E-state index contributed by atoms with van der Waals surface area (Å²) >= 11 is 0. The van der Waals surface area contributed by atoms with Crippen molar-refractivity contribution in [2.45, 2.75) is 57.4 Å². The number of hydrogen-bond donors (Lipinski definition) is 3. The molecule has 2 saturated heterocycles. The molecule has 3 N–H and O–H groups in total. The van der Waals surface area contributed by atoms with E-state index in [9.17, 15) is 19.8 Å². The van der Waals surface area contributed by atoms with Crippen LogP contribution < -0.4 is 15.5 Å². The van der Waals surface area contributed by atoms with Crippen LogP contribution in [0.3, 0.4) is 0 Å². The molecule has 8 heteroatoms. The highest BCUT2D eigenvalue weighted by Gasteiger charge is 2.33. The minimum atomic E-state index is -0.723. The minimum absolute atomic E-state index is 0.0189. The lowest BCUT2D eigenvalue weighted by Gasteiger charge is -2.44. The summed E-state index contributed by atoms with van der Waals surface area (Å²) in [5.41, 5.74) is 0.0273. The van der Waals surface area contributed by atoms with Crippen LogP contribution in [0.15, 0.2) is 33.5 Å². The normalized spacial score (nSPS) is 21.5. The average molecular weight is 471 g/mol. The first-order valence-electron chi connectivity index (χ1n) is 12.1. The standard InChI is InChI=1S/C26H34N2O6/c1-16-12-22(30)25(32)26(34-16)19(17-8-9-21(29)23(13-17)33-2)14-24(31)27-15-18-6-5-11-28-10-4-3-7-20(18)28/h8-9,12-13,18-20,29,32H,3-7,10-11,14-15H2,1-2H3,(H,27,31). The van der Waals surface area contributed by atoms with Gasteiger partial charge in [-0.05, 0) is 69.3 Å². The summed E-state index contributed by atoms with van der Waals surface area (Å²) in [4.78, 5) is 27.9. The molecule has 2 aliphatic heterocycles. The van der Waals surface area contributed by atoms with Crippen molar-refractivity contribution in [1.29, 1.82) is 0 Å². The molecular formula is C26H34N2O6. The third kappa shape index (κ3) is 5.22. The Morgan fingerprint density at radius 1 is 1.21 bits per heavy atom. The van der Waals surface area contributed by atoms with E-state index in [1.54, 1.807) is 19.1 Å². The second-order valence-corrected chi connectivity index (χ2v) is 9.43. The Morgan fingerprint density at radius 3 is 2.79 bits per heavy atom. The topological polar surface area (TPSA) is 112 Å². The monoisotopic (exact) mass is 470 g/mol. The van der Waals surface area contributed by atoms with Gasteiger partial charge in [-0.3, -0.25) is 9.59 Å². The van der Waals surface area contributed by atoms with Gasteiger partial charge in [-0.15, -0.1) is 0 Å². The SMILES string of the molecule is COc1cc(C(CC(=O)NCC2CCCN3CCCCC23)c2oc(C)cc(=O)c2O)ccc1O. The molecule has 8 nitrogen and oxygen atoms in total. The molecule has 4 rings (SSSR count). The maximum atomic E-state index is 13.1. The Labute approximate surface area is 199 Å². The van der Waals surface area contributed by atoms with E-state index in [0.29, 0.717) is 29.8 Å². The van der Waals surface area contributed by atoms with E-state index in [1.165, 1.54) is 38.5 Å². The first-order chi connectivity index (χ1) is 16.4. The summed E-state index contributed by atoms with van der Waals surface area (Å²) in [7, 11) is 1.43. The molecule has 1 amide bonds. The highest BCUT2D eigenvalue weighted by atomic mass is 16.5. The van der Waals surface area contributed by atoms with Crippen molar-refractivity contribution >= 4 is 5.91 Å². The van der Waals surface area contributed by atoms with Crippen LogP contribution >= 0.6 is 0 Å². The van der Waals surface area contributed by atoms with Gasteiger partial charge in [0.25, 0.3) is 0 Å². The van der Waals surface area contributed by atoms with Crippen LogP contribution in [0.25, 0.3) is 0 Å². The Hall–Kier alpha value is -3.00. The van der Waals surface area contributed by atoms with Crippen molar-refractivity contribution in [3.8, 4) is 17.2 Å². The molecule has 2 aliphatic rings. The summed E-state index contributed by atoms with van der Waals surface area (Å²) in [6.45, 7) is 4.52. The summed E-state index contributed by atoms with van der Waals surface area (Å²) in [6, 6.07) is 6.43. The quantitative estimate of drug-likeness (QED) is 0.569. The average Bonchev–Trinajstić information content (AvgIpc) is 2.84. The fourth-order valence-electron chi connectivity index (χ4n) is 5.45. The van der Waals surface area contributed by atoms with Crippen LogP contribution in [0.4, 0.5) is 0 Å². The molecule has 3 unspecified atom stereocenters. The molecule has 3 heterocycles. The van der Waals surface area contributed by atoms with Gasteiger partial charge in [0, 0.05) is 25.1 Å². The highest BCUT2D eigenvalue weighted by Crippen LogP contribution is 2.37. The first-order valence-corrected chi connectivity index (χ1v) is 12.1. The molecule has 0 spiro atoms. The maximum absolute atomic E-state index is 13.1. The number of aromatic hydroxyl groups is 2.